The summed E-state index contributed by atoms with van der Waals surface area (Å²) in [6.07, 6.45) is 19.9. The van der Waals surface area contributed by atoms with Crippen LogP contribution in [0.4, 0.5) is 13.2 Å². The normalized spacial score (nSPS) is 33.8. The van der Waals surface area contributed by atoms with Gasteiger partial charge in [0, 0.05) is 0 Å². The van der Waals surface area contributed by atoms with Crippen molar-refractivity contribution in [2.75, 3.05) is 0 Å². The van der Waals surface area contributed by atoms with Gasteiger partial charge in [-0.3, -0.25) is 0 Å². The third kappa shape index (κ3) is 5.69. The molecule has 3 saturated carbocycles. The molecule has 0 saturated heterocycles. The predicted octanol–water partition coefficient (Wildman–Crippen LogP) is 9.18. The number of hydrogen-bond acceptors (Lipinski definition) is 0. The lowest BCUT2D eigenvalue weighted by atomic mass is 9.60. The van der Waals surface area contributed by atoms with Gasteiger partial charge in [-0.1, -0.05) is 45.4 Å². The van der Waals surface area contributed by atoms with Crippen LogP contribution < -0.4 is 0 Å². The molecule has 0 bridgehead atoms. The van der Waals surface area contributed by atoms with Crippen LogP contribution in [0.5, 0.6) is 0 Å². The van der Waals surface area contributed by atoms with Crippen LogP contribution in [0.1, 0.15) is 115 Å². The Labute approximate surface area is 187 Å². The summed E-state index contributed by atoms with van der Waals surface area (Å²) < 4.78 is 40.6. The van der Waals surface area contributed by atoms with E-state index in [1.807, 2.05) is 0 Å². The first-order chi connectivity index (χ1) is 15.0. The van der Waals surface area contributed by atoms with Crippen LogP contribution in [-0.4, -0.2) is 0 Å². The van der Waals surface area contributed by atoms with E-state index in [0.29, 0.717) is 5.56 Å². The highest BCUT2D eigenvalue weighted by Gasteiger charge is 2.38. The maximum Gasteiger partial charge on any atom is 0.194 e. The maximum absolute atomic E-state index is 13.6. The summed E-state index contributed by atoms with van der Waals surface area (Å²) >= 11 is 0. The molecule has 31 heavy (non-hydrogen) atoms. The lowest BCUT2D eigenvalue weighted by Gasteiger charge is -2.45. The highest BCUT2D eigenvalue weighted by molar-refractivity contribution is 5.23. The Hall–Kier alpha value is -0.990. The standard InChI is InChI=1S/C28H41F3/c1-2-3-4-5-6-19-7-8-24-16-23(14-13-22(24)15-19)20-9-11-21(12-10-20)25-17-26(29)28(31)27(30)18-25/h17-24H,2-16H2,1H3. The summed E-state index contributed by atoms with van der Waals surface area (Å²) in [5.41, 5.74) is 0.649. The van der Waals surface area contributed by atoms with E-state index in [1.165, 1.54) is 82.8 Å². The molecule has 0 amide bonds. The van der Waals surface area contributed by atoms with Crippen molar-refractivity contribution in [3.8, 4) is 0 Å². The minimum Gasteiger partial charge on any atom is -0.204 e. The summed E-state index contributed by atoms with van der Waals surface area (Å²) in [7, 11) is 0. The zero-order valence-corrected chi connectivity index (χ0v) is 19.4. The summed E-state index contributed by atoms with van der Waals surface area (Å²) in [5, 5.41) is 0. The first kappa shape index (κ1) is 23.2. The van der Waals surface area contributed by atoms with Crippen molar-refractivity contribution < 1.29 is 13.2 Å². The largest absolute Gasteiger partial charge is 0.204 e. The molecule has 0 aliphatic heterocycles. The van der Waals surface area contributed by atoms with E-state index in [-0.39, 0.29) is 5.92 Å². The van der Waals surface area contributed by atoms with Crippen LogP contribution in [0.25, 0.3) is 0 Å². The molecule has 1 aromatic carbocycles. The van der Waals surface area contributed by atoms with Crippen LogP contribution in [0, 0.1) is 47.0 Å². The average molecular weight is 435 g/mol. The Bertz CT molecular complexity index is 683. The number of rotatable bonds is 7. The van der Waals surface area contributed by atoms with E-state index < -0.39 is 17.5 Å². The minimum absolute atomic E-state index is 0.181. The molecular formula is C28H41F3. The fourth-order valence-corrected chi connectivity index (χ4v) is 7.31. The molecule has 1 aromatic rings. The second kappa shape index (κ2) is 10.8. The van der Waals surface area contributed by atoms with Crippen LogP contribution >= 0.6 is 0 Å². The highest BCUT2D eigenvalue weighted by Crippen LogP contribution is 2.50. The van der Waals surface area contributed by atoms with Crippen molar-refractivity contribution in [3.63, 3.8) is 0 Å². The Morgan fingerprint density at radius 2 is 1.26 bits per heavy atom. The predicted molar refractivity (Wildman–Crippen MR) is 121 cm³/mol. The maximum atomic E-state index is 13.6. The van der Waals surface area contributed by atoms with E-state index >= 15 is 0 Å². The van der Waals surface area contributed by atoms with Crippen LogP contribution in [0.15, 0.2) is 12.1 Å². The molecule has 3 fully saturated rings. The number of fused-ring (bicyclic) bond motifs is 1. The average Bonchev–Trinajstić information content (AvgIpc) is 2.79. The lowest BCUT2D eigenvalue weighted by molar-refractivity contribution is 0.0613. The summed E-state index contributed by atoms with van der Waals surface area (Å²) in [5.74, 6) is 1.29. The first-order valence-corrected chi connectivity index (χ1v) is 13.2. The molecule has 3 aliphatic carbocycles. The molecule has 174 valence electrons. The topological polar surface area (TPSA) is 0 Å². The Morgan fingerprint density at radius 3 is 1.94 bits per heavy atom. The third-order valence-corrected chi connectivity index (χ3v) is 9.14. The smallest absolute Gasteiger partial charge is 0.194 e. The van der Waals surface area contributed by atoms with Crippen molar-refractivity contribution in [1.29, 1.82) is 0 Å². The molecular weight excluding hydrogens is 393 g/mol. The molecule has 3 aliphatic rings. The van der Waals surface area contributed by atoms with E-state index in [1.54, 1.807) is 0 Å². The molecule has 4 unspecified atom stereocenters. The van der Waals surface area contributed by atoms with Crippen LogP contribution in [0.2, 0.25) is 0 Å². The Morgan fingerprint density at radius 1 is 0.677 bits per heavy atom. The quantitative estimate of drug-likeness (QED) is 0.296. The monoisotopic (exact) mass is 434 g/mol. The molecule has 0 aromatic heterocycles. The number of halogens is 3. The lowest BCUT2D eigenvalue weighted by Crippen LogP contribution is -2.34. The molecule has 0 radical (unpaired) electrons. The van der Waals surface area contributed by atoms with Crippen molar-refractivity contribution in [2.45, 2.75) is 109 Å². The molecule has 0 heterocycles. The SMILES string of the molecule is CCCCCCC1CCC2CC(C3CCC(c4cc(F)c(F)c(F)c4)CC3)CCC2C1. The van der Waals surface area contributed by atoms with Gasteiger partial charge in [0.05, 0.1) is 0 Å². The zero-order chi connectivity index (χ0) is 21.8. The number of unbranched alkanes of at least 4 members (excludes halogenated alkanes) is 3. The van der Waals surface area contributed by atoms with Crippen molar-refractivity contribution in [1.82, 2.24) is 0 Å². The Balaban J connectivity index is 1.23. The van der Waals surface area contributed by atoms with E-state index in [9.17, 15) is 13.2 Å². The van der Waals surface area contributed by atoms with Gasteiger partial charge >= 0.3 is 0 Å². The van der Waals surface area contributed by atoms with Gasteiger partial charge in [0.25, 0.3) is 0 Å². The zero-order valence-electron chi connectivity index (χ0n) is 19.4. The molecule has 3 heteroatoms. The molecule has 0 N–H and O–H groups in total. The van der Waals surface area contributed by atoms with Gasteiger partial charge in [0.15, 0.2) is 17.5 Å². The van der Waals surface area contributed by atoms with Gasteiger partial charge in [-0.2, -0.15) is 0 Å². The van der Waals surface area contributed by atoms with Gasteiger partial charge in [0.1, 0.15) is 0 Å². The van der Waals surface area contributed by atoms with Gasteiger partial charge in [-0.15, -0.1) is 0 Å². The minimum atomic E-state index is -1.34. The van der Waals surface area contributed by atoms with Crippen molar-refractivity contribution in [3.05, 3.63) is 35.1 Å². The van der Waals surface area contributed by atoms with Gasteiger partial charge in [-0.05, 0) is 111 Å². The first-order valence-electron chi connectivity index (χ1n) is 13.2. The van der Waals surface area contributed by atoms with Gasteiger partial charge in [-0.25, -0.2) is 13.2 Å². The van der Waals surface area contributed by atoms with E-state index in [2.05, 4.69) is 6.92 Å². The second-order valence-electron chi connectivity index (χ2n) is 11.0. The van der Waals surface area contributed by atoms with Gasteiger partial charge < -0.3 is 0 Å². The second-order valence-corrected chi connectivity index (χ2v) is 11.0. The van der Waals surface area contributed by atoms with Crippen LogP contribution in [0.3, 0.4) is 0 Å². The fourth-order valence-electron chi connectivity index (χ4n) is 7.31. The van der Waals surface area contributed by atoms with Crippen molar-refractivity contribution >= 4 is 0 Å². The van der Waals surface area contributed by atoms with E-state index in [0.717, 1.165) is 55.3 Å². The summed E-state index contributed by atoms with van der Waals surface area (Å²) in [6.45, 7) is 2.29. The fraction of sp³-hybridized carbons (Fsp3) is 0.786. The van der Waals surface area contributed by atoms with Crippen molar-refractivity contribution in [2.24, 2.45) is 29.6 Å². The molecule has 4 atom stereocenters. The Kier molecular flexibility index (Phi) is 8.04. The highest BCUT2D eigenvalue weighted by atomic mass is 19.2. The number of hydrogen-bond donors (Lipinski definition) is 0. The summed E-state index contributed by atoms with van der Waals surface area (Å²) in [4.78, 5) is 0. The third-order valence-electron chi connectivity index (χ3n) is 9.14. The molecule has 0 nitrogen and oxygen atoms in total. The molecule has 0 spiro atoms. The summed E-state index contributed by atoms with van der Waals surface area (Å²) in [6, 6.07) is 2.44. The number of benzene rings is 1. The van der Waals surface area contributed by atoms with Crippen LogP contribution in [-0.2, 0) is 0 Å². The van der Waals surface area contributed by atoms with Gasteiger partial charge in [0.2, 0.25) is 0 Å². The molecule has 4 rings (SSSR count). The van der Waals surface area contributed by atoms with E-state index in [4.69, 9.17) is 0 Å².